The third-order valence-corrected chi connectivity index (χ3v) is 5.62. The Morgan fingerprint density at radius 1 is 1.45 bits per heavy atom. The molecule has 2 heterocycles. The maximum Gasteiger partial charge on any atom is 0.111 e. The molecule has 1 aromatic carbocycles. The average molecular weight is 289 g/mol. The molecule has 2 atom stereocenters. The SMILES string of the molecule is CC(c1nc2ccccc2s1)N(C)CC1(C)CCNC1. The second-order valence-corrected chi connectivity index (χ2v) is 7.41. The Morgan fingerprint density at radius 2 is 2.25 bits per heavy atom. The minimum atomic E-state index is 0.379. The number of hydrogen-bond donors (Lipinski definition) is 1. The number of benzene rings is 1. The normalized spacial score (nSPS) is 24.6. The fourth-order valence-electron chi connectivity index (χ4n) is 3.00. The van der Waals surface area contributed by atoms with E-state index >= 15 is 0 Å². The maximum absolute atomic E-state index is 4.79. The maximum atomic E-state index is 4.79. The molecular formula is C16H23N3S. The van der Waals surface area contributed by atoms with Crippen molar-refractivity contribution in [2.24, 2.45) is 5.41 Å². The van der Waals surface area contributed by atoms with Crippen molar-refractivity contribution < 1.29 is 0 Å². The van der Waals surface area contributed by atoms with Gasteiger partial charge in [-0.15, -0.1) is 11.3 Å². The van der Waals surface area contributed by atoms with Gasteiger partial charge in [-0.05, 0) is 44.5 Å². The Balaban J connectivity index is 1.75. The van der Waals surface area contributed by atoms with Gasteiger partial charge in [0.1, 0.15) is 5.01 Å². The summed E-state index contributed by atoms with van der Waals surface area (Å²) in [5.41, 5.74) is 1.53. The van der Waals surface area contributed by atoms with Crippen LogP contribution in [0.25, 0.3) is 10.2 Å². The molecule has 0 aliphatic carbocycles. The number of aromatic nitrogens is 1. The van der Waals surface area contributed by atoms with Crippen LogP contribution in [-0.2, 0) is 0 Å². The number of nitrogens with zero attached hydrogens (tertiary/aromatic N) is 2. The van der Waals surface area contributed by atoms with Crippen LogP contribution in [0.4, 0.5) is 0 Å². The lowest BCUT2D eigenvalue weighted by molar-refractivity contribution is 0.169. The molecule has 2 unspecified atom stereocenters. The van der Waals surface area contributed by atoms with Gasteiger partial charge in [0.05, 0.1) is 16.3 Å². The van der Waals surface area contributed by atoms with E-state index in [1.807, 2.05) is 11.3 Å². The molecule has 2 aromatic rings. The number of nitrogens with one attached hydrogen (secondary N) is 1. The summed E-state index contributed by atoms with van der Waals surface area (Å²) in [5.74, 6) is 0. The zero-order valence-electron chi connectivity index (χ0n) is 12.5. The molecule has 1 aliphatic rings. The van der Waals surface area contributed by atoms with Gasteiger partial charge in [-0.2, -0.15) is 0 Å². The Morgan fingerprint density at radius 3 is 2.95 bits per heavy atom. The molecule has 1 aromatic heterocycles. The molecule has 0 radical (unpaired) electrons. The minimum absolute atomic E-state index is 0.379. The zero-order chi connectivity index (χ0) is 14.2. The quantitative estimate of drug-likeness (QED) is 0.936. The summed E-state index contributed by atoms with van der Waals surface area (Å²) in [6.45, 7) is 8.05. The van der Waals surface area contributed by atoms with Crippen LogP contribution in [0.1, 0.15) is 31.3 Å². The highest BCUT2D eigenvalue weighted by molar-refractivity contribution is 7.18. The van der Waals surface area contributed by atoms with Crippen LogP contribution < -0.4 is 5.32 Å². The fraction of sp³-hybridized carbons (Fsp3) is 0.562. The Labute approximate surface area is 125 Å². The fourth-order valence-corrected chi connectivity index (χ4v) is 4.08. The molecule has 1 aliphatic heterocycles. The van der Waals surface area contributed by atoms with Crippen molar-refractivity contribution >= 4 is 21.6 Å². The van der Waals surface area contributed by atoms with Crippen LogP contribution >= 0.6 is 11.3 Å². The van der Waals surface area contributed by atoms with Gasteiger partial charge in [-0.1, -0.05) is 19.1 Å². The summed E-state index contributed by atoms with van der Waals surface area (Å²) in [4.78, 5) is 7.24. The summed E-state index contributed by atoms with van der Waals surface area (Å²) < 4.78 is 1.29. The highest BCUT2D eigenvalue weighted by atomic mass is 32.1. The summed E-state index contributed by atoms with van der Waals surface area (Å²) in [5, 5.41) is 4.70. The van der Waals surface area contributed by atoms with E-state index in [1.165, 1.54) is 16.1 Å². The summed E-state index contributed by atoms with van der Waals surface area (Å²) in [7, 11) is 2.22. The monoisotopic (exact) mass is 289 g/mol. The number of thiazole rings is 1. The zero-order valence-corrected chi connectivity index (χ0v) is 13.3. The van der Waals surface area contributed by atoms with Gasteiger partial charge in [0.15, 0.2) is 0 Å². The molecule has 0 amide bonds. The van der Waals surface area contributed by atoms with Crippen LogP contribution in [-0.4, -0.2) is 36.6 Å². The largest absolute Gasteiger partial charge is 0.316 e. The smallest absolute Gasteiger partial charge is 0.111 e. The van der Waals surface area contributed by atoms with E-state index in [2.05, 4.69) is 55.4 Å². The van der Waals surface area contributed by atoms with Crippen molar-refractivity contribution in [1.29, 1.82) is 0 Å². The minimum Gasteiger partial charge on any atom is -0.316 e. The molecule has 20 heavy (non-hydrogen) atoms. The first-order chi connectivity index (χ1) is 9.57. The van der Waals surface area contributed by atoms with Gasteiger partial charge < -0.3 is 5.32 Å². The molecule has 0 bridgehead atoms. The molecule has 0 spiro atoms. The van der Waals surface area contributed by atoms with Crippen LogP contribution in [0.2, 0.25) is 0 Å². The summed E-state index contributed by atoms with van der Waals surface area (Å²) in [6.07, 6.45) is 1.27. The van der Waals surface area contributed by atoms with E-state index in [-0.39, 0.29) is 0 Å². The molecule has 1 N–H and O–H groups in total. The van der Waals surface area contributed by atoms with E-state index in [0.29, 0.717) is 11.5 Å². The lowest BCUT2D eigenvalue weighted by Gasteiger charge is -2.32. The van der Waals surface area contributed by atoms with Crippen molar-refractivity contribution in [1.82, 2.24) is 15.2 Å². The van der Waals surface area contributed by atoms with Gasteiger partial charge in [0, 0.05) is 13.1 Å². The molecule has 108 valence electrons. The second kappa shape index (κ2) is 5.43. The lowest BCUT2D eigenvalue weighted by atomic mass is 9.89. The number of hydrogen-bond acceptors (Lipinski definition) is 4. The van der Waals surface area contributed by atoms with E-state index in [4.69, 9.17) is 4.98 Å². The van der Waals surface area contributed by atoms with Gasteiger partial charge in [0.25, 0.3) is 0 Å². The molecule has 4 heteroatoms. The highest BCUT2D eigenvalue weighted by Gasteiger charge is 2.31. The standard InChI is InChI=1S/C16H23N3S/c1-12(19(3)11-16(2)8-9-17-10-16)15-18-13-6-4-5-7-14(13)20-15/h4-7,12,17H,8-11H2,1-3H3. The van der Waals surface area contributed by atoms with E-state index in [0.717, 1.165) is 25.2 Å². The van der Waals surface area contributed by atoms with Crippen molar-refractivity contribution in [3.05, 3.63) is 29.3 Å². The van der Waals surface area contributed by atoms with Crippen LogP contribution in [0.3, 0.4) is 0 Å². The van der Waals surface area contributed by atoms with Gasteiger partial charge in [-0.25, -0.2) is 4.98 Å². The van der Waals surface area contributed by atoms with Crippen molar-refractivity contribution in [2.45, 2.75) is 26.3 Å². The van der Waals surface area contributed by atoms with Crippen LogP contribution in [0.5, 0.6) is 0 Å². The van der Waals surface area contributed by atoms with Crippen molar-refractivity contribution in [2.75, 3.05) is 26.7 Å². The molecule has 0 saturated carbocycles. The Hall–Kier alpha value is -0.970. The topological polar surface area (TPSA) is 28.2 Å². The first-order valence-corrected chi connectivity index (χ1v) is 8.15. The number of para-hydroxylation sites is 1. The van der Waals surface area contributed by atoms with Gasteiger partial charge in [-0.3, -0.25) is 4.90 Å². The second-order valence-electron chi connectivity index (χ2n) is 6.35. The van der Waals surface area contributed by atoms with Gasteiger partial charge >= 0.3 is 0 Å². The Bertz CT molecular complexity index is 553. The predicted octanol–water partition coefficient (Wildman–Crippen LogP) is 3.29. The highest BCUT2D eigenvalue weighted by Crippen LogP contribution is 2.32. The van der Waals surface area contributed by atoms with E-state index in [1.54, 1.807) is 0 Å². The van der Waals surface area contributed by atoms with E-state index < -0.39 is 0 Å². The van der Waals surface area contributed by atoms with Crippen LogP contribution in [0, 0.1) is 5.41 Å². The number of fused-ring (bicyclic) bond motifs is 1. The van der Waals surface area contributed by atoms with E-state index in [9.17, 15) is 0 Å². The molecular weight excluding hydrogens is 266 g/mol. The third kappa shape index (κ3) is 2.73. The Kier molecular flexibility index (Phi) is 3.80. The van der Waals surface area contributed by atoms with Crippen molar-refractivity contribution in [3.8, 4) is 0 Å². The van der Waals surface area contributed by atoms with Gasteiger partial charge in [0.2, 0.25) is 0 Å². The molecule has 1 fully saturated rings. The van der Waals surface area contributed by atoms with Crippen LogP contribution in [0.15, 0.2) is 24.3 Å². The summed E-state index contributed by atoms with van der Waals surface area (Å²) >= 11 is 1.82. The van der Waals surface area contributed by atoms with Crippen molar-refractivity contribution in [3.63, 3.8) is 0 Å². The molecule has 1 saturated heterocycles. The third-order valence-electron chi connectivity index (χ3n) is 4.42. The molecule has 3 rings (SSSR count). The first kappa shape index (κ1) is 14.0. The summed E-state index contributed by atoms with van der Waals surface area (Å²) in [6, 6.07) is 8.79. The lowest BCUT2D eigenvalue weighted by Crippen LogP contribution is -2.36. The predicted molar refractivity (Wildman–Crippen MR) is 86.3 cm³/mol. The number of rotatable bonds is 4. The molecule has 3 nitrogen and oxygen atoms in total. The average Bonchev–Trinajstić information content (AvgIpc) is 3.03. The first-order valence-electron chi connectivity index (χ1n) is 7.34.